The Morgan fingerprint density at radius 1 is 1.22 bits per heavy atom. The Kier molecular flexibility index (Phi) is 6.92. The zero-order chi connectivity index (χ0) is 25.1. The van der Waals surface area contributed by atoms with Gasteiger partial charge in [0, 0.05) is 5.92 Å². The predicted molar refractivity (Wildman–Crippen MR) is 130 cm³/mol. The summed E-state index contributed by atoms with van der Waals surface area (Å²) in [5.74, 6) is -0.595. The third-order valence-corrected chi connectivity index (χ3v) is 6.97. The molecule has 0 saturated heterocycles. The van der Waals surface area contributed by atoms with E-state index in [9.17, 15) is 9.18 Å². The Bertz CT molecular complexity index is 1350. The zero-order valence-corrected chi connectivity index (χ0v) is 20.4. The number of fused-ring (bicyclic) bond motifs is 1. The number of hydrogen-bond donors (Lipinski definition) is 1. The van der Waals surface area contributed by atoms with Gasteiger partial charge in [-0.3, -0.25) is 4.79 Å². The number of imidazole rings is 1. The topological polar surface area (TPSA) is 108 Å². The summed E-state index contributed by atoms with van der Waals surface area (Å²) in [4.78, 5) is 20.2. The minimum Gasteiger partial charge on any atom is -0.494 e. The molecule has 1 N–H and O–H groups in total. The number of halogens is 1. The van der Waals surface area contributed by atoms with Crippen LogP contribution in [0.5, 0.6) is 5.75 Å². The molecule has 0 spiro atoms. The van der Waals surface area contributed by atoms with Gasteiger partial charge in [-0.15, -0.1) is 5.10 Å². The third-order valence-electron chi connectivity index (χ3n) is 6.97. The number of nitrogens with zero attached hydrogens (tertiary/aromatic N) is 5. The van der Waals surface area contributed by atoms with Gasteiger partial charge in [-0.25, -0.2) is 14.1 Å². The van der Waals surface area contributed by atoms with E-state index in [0.717, 1.165) is 47.8 Å². The van der Waals surface area contributed by atoms with E-state index in [4.69, 9.17) is 9.47 Å². The first kappa shape index (κ1) is 23.9. The van der Waals surface area contributed by atoms with Gasteiger partial charge in [-0.1, -0.05) is 25.0 Å². The van der Waals surface area contributed by atoms with E-state index in [1.807, 2.05) is 31.2 Å². The van der Waals surface area contributed by atoms with Crippen LogP contribution in [0.4, 0.5) is 4.39 Å². The Balaban J connectivity index is 1.56. The summed E-state index contributed by atoms with van der Waals surface area (Å²) in [6.07, 6.45) is 5.60. The van der Waals surface area contributed by atoms with Crippen molar-refractivity contribution in [2.75, 3.05) is 13.7 Å². The number of nitrogens with one attached hydrogen (secondary N) is 1. The van der Waals surface area contributed by atoms with E-state index < -0.39 is 5.82 Å². The minimum absolute atomic E-state index is 0.172. The van der Waals surface area contributed by atoms with Crippen molar-refractivity contribution in [1.29, 1.82) is 0 Å². The highest BCUT2D eigenvalue weighted by molar-refractivity contribution is 5.75. The second kappa shape index (κ2) is 10.4. The first-order valence-corrected chi connectivity index (χ1v) is 12.3. The van der Waals surface area contributed by atoms with Crippen LogP contribution in [0.3, 0.4) is 0 Å². The number of H-pyrrole nitrogens is 1. The minimum atomic E-state index is -0.454. The van der Waals surface area contributed by atoms with E-state index in [2.05, 4.69) is 25.5 Å². The molecule has 0 amide bonds. The van der Waals surface area contributed by atoms with Gasteiger partial charge in [0.1, 0.15) is 0 Å². The number of methoxy groups -OCH3 is 1. The van der Waals surface area contributed by atoms with Gasteiger partial charge in [0.2, 0.25) is 0 Å². The Morgan fingerprint density at radius 2 is 2.08 bits per heavy atom. The second-order valence-corrected chi connectivity index (χ2v) is 9.10. The zero-order valence-electron chi connectivity index (χ0n) is 20.4. The summed E-state index contributed by atoms with van der Waals surface area (Å²) in [5.41, 5.74) is 3.53. The first-order valence-electron chi connectivity index (χ1n) is 12.3. The molecule has 4 aromatic rings. The summed E-state index contributed by atoms with van der Waals surface area (Å²) in [7, 11) is 1.44. The van der Waals surface area contributed by atoms with Crippen molar-refractivity contribution in [3.63, 3.8) is 0 Å². The number of benzene rings is 2. The molecule has 1 aliphatic carbocycles. The van der Waals surface area contributed by atoms with Crippen LogP contribution < -0.4 is 4.74 Å². The number of aromatic nitrogens is 6. The van der Waals surface area contributed by atoms with Crippen LogP contribution in [0.2, 0.25) is 0 Å². The summed E-state index contributed by atoms with van der Waals surface area (Å²) in [6.45, 7) is 2.14. The fourth-order valence-corrected chi connectivity index (χ4v) is 5.20. The molecule has 36 heavy (non-hydrogen) atoms. The summed E-state index contributed by atoms with van der Waals surface area (Å²) in [6, 6.07) is 10.7. The molecule has 2 aromatic heterocycles. The van der Waals surface area contributed by atoms with E-state index in [1.165, 1.54) is 13.2 Å². The number of carbonyl (C=O) groups is 1. The Labute approximate surface area is 208 Å². The molecule has 2 aromatic carbocycles. The molecule has 1 aliphatic rings. The molecule has 10 heteroatoms. The van der Waals surface area contributed by atoms with Crippen LogP contribution in [-0.4, -0.2) is 49.9 Å². The fraction of sp³-hybridized carbons (Fsp3) is 0.423. The number of carbonyl (C=O) groups excluding carboxylic acids is 1. The quantitative estimate of drug-likeness (QED) is 0.364. The van der Waals surface area contributed by atoms with Crippen molar-refractivity contribution in [3.8, 4) is 5.75 Å². The highest BCUT2D eigenvalue weighted by Crippen LogP contribution is 2.38. The van der Waals surface area contributed by atoms with Crippen molar-refractivity contribution in [2.24, 2.45) is 5.92 Å². The van der Waals surface area contributed by atoms with E-state index in [-0.39, 0.29) is 29.6 Å². The molecule has 2 heterocycles. The van der Waals surface area contributed by atoms with Crippen molar-refractivity contribution in [1.82, 2.24) is 30.2 Å². The van der Waals surface area contributed by atoms with Crippen LogP contribution in [0.25, 0.3) is 11.0 Å². The number of ether oxygens (including phenoxy) is 2. The van der Waals surface area contributed by atoms with E-state index in [1.54, 1.807) is 17.1 Å². The normalized spacial score (nSPS) is 18.8. The van der Waals surface area contributed by atoms with Crippen molar-refractivity contribution >= 4 is 17.0 Å². The molecule has 0 bridgehead atoms. The van der Waals surface area contributed by atoms with Gasteiger partial charge < -0.3 is 14.5 Å². The van der Waals surface area contributed by atoms with Gasteiger partial charge in [0.15, 0.2) is 17.4 Å². The molecule has 3 unspecified atom stereocenters. The molecule has 188 valence electrons. The number of esters is 1. The molecule has 1 fully saturated rings. The van der Waals surface area contributed by atoms with Gasteiger partial charge in [-0.2, -0.15) is 0 Å². The molecule has 0 aliphatic heterocycles. The van der Waals surface area contributed by atoms with Crippen molar-refractivity contribution in [2.45, 2.75) is 51.0 Å². The average Bonchev–Trinajstić information content (AvgIpc) is 3.57. The number of rotatable bonds is 8. The molecule has 5 rings (SSSR count). The maximum atomic E-state index is 14.8. The molecule has 0 radical (unpaired) electrons. The summed E-state index contributed by atoms with van der Waals surface area (Å²) < 4.78 is 27.1. The lowest BCUT2D eigenvalue weighted by atomic mass is 9.83. The van der Waals surface area contributed by atoms with Crippen molar-refractivity contribution < 1.29 is 18.7 Å². The molecule has 1 saturated carbocycles. The Morgan fingerprint density at radius 3 is 2.89 bits per heavy atom. The maximum Gasteiger partial charge on any atom is 0.311 e. The monoisotopic (exact) mass is 492 g/mol. The number of tetrazole rings is 1. The largest absolute Gasteiger partial charge is 0.494 e. The molecule has 9 nitrogen and oxygen atoms in total. The second-order valence-electron chi connectivity index (χ2n) is 9.10. The van der Waals surface area contributed by atoms with Crippen LogP contribution in [0.1, 0.15) is 61.5 Å². The molecule has 3 atom stereocenters. The highest BCUT2D eigenvalue weighted by Gasteiger charge is 2.37. The standard InChI is InChI=1S/C26H29FN6O3/c1-3-36-26(34)18-6-4-5-7-23(18)33-25(30-31-32-33)19(17-9-11-24(35-2)20(27)14-17)12-16-8-10-21-22(13-16)29-15-28-21/h8-11,13-15,18-19,23H,3-7,12H2,1-2H3,(H,28,29). The lowest BCUT2D eigenvalue weighted by molar-refractivity contribution is -0.151. The van der Waals surface area contributed by atoms with Crippen LogP contribution >= 0.6 is 0 Å². The van der Waals surface area contributed by atoms with Crippen LogP contribution in [-0.2, 0) is 16.0 Å². The van der Waals surface area contributed by atoms with Crippen molar-refractivity contribution in [3.05, 3.63) is 65.5 Å². The number of hydrogen-bond acceptors (Lipinski definition) is 7. The summed E-state index contributed by atoms with van der Waals surface area (Å²) in [5, 5.41) is 12.7. The van der Waals surface area contributed by atoms with Gasteiger partial charge in [0.25, 0.3) is 0 Å². The number of aromatic amines is 1. The van der Waals surface area contributed by atoms with Crippen LogP contribution in [0, 0.1) is 11.7 Å². The van der Waals surface area contributed by atoms with Crippen LogP contribution in [0.15, 0.2) is 42.7 Å². The lowest BCUT2D eigenvalue weighted by Gasteiger charge is -2.31. The average molecular weight is 493 g/mol. The van der Waals surface area contributed by atoms with E-state index in [0.29, 0.717) is 18.9 Å². The SMILES string of the molecule is CCOC(=O)C1CCCCC1n1nnnc1C(Cc1ccc2nc[nH]c2c1)c1ccc(OC)c(F)c1. The van der Waals surface area contributed by atoms with Gasteiger partial charge in [0.05, 0.1) is 43.0 Å². The third kappa shape index (κ3) is 4.67. The highest BCUT2D eigenvalue weighted by atomic mass is 19.1. The Hall–Kier alpha value is -3.82. The smallest absolute Gasteiger partial charge is 0.311 e. The van der Waals surface area contributed by atoms with Gasteiger partial charge >= 0.3 is 5.97 Å². The lowest BCUT2D eigenvalue weighted by Crippen LogP contribution is -2.33. The van der Waals surface area contributed by atoms with E-state index >= 15 is 0 Å². The predicted octanol–water partition coefficient (Wildman–Crippen LogP) is 4.37. The van der Waals surface area contributed by atoms with Gasteiger partial charge in [-0.05, 0) is 72.0 Å². The summed E-state index contributed by atoms with van der Waals surface area (Å²) >= 11 is 0. The maximum absolute atomic E-state index is 14.8. The fourth-order valence-electron chi connectivity index (χ4n) is 5.20. The molecular weight excluding hydrogens is 463 g/mol. The first-order chi connectivity index (χ1) is 17.6. The molecular formula is C26H29FN6O3.